The van der Waals surface area contributed by atoms with E-state index in [-0.39, 0.29) is 26.9 Å². The van der Waals surface area contributed by atoms with Gasteiger partial charge in [0, 0.05) is 10.2 Å². The van der Waals surface area contributed by atoms with E-state index < -0.39 is 10.0 Å². The molecular formula is C12H10BrN3O3S2. The summed E-state index contributed by atoms with van der Waals surface area (Å²) in [5.41, 5.74) is 6.25. The number of nitrogens with zero attached hydrogens (tertiary/aromatic N) is 1. The van der Waals surface area contributed by atoms with Crippen molar-refractivity contribution < 1.29 is 13.2 Å². The van der Waals surface area contributed by atoms with Crippen molar-refractivity contribution in [2.24, 2.45) is 0 Å². The Morgan fingerprint density at radius 2 is 2.19 bits per heavy atom. The first-order valence-electron chi connectivity index (χ1n) is 5.52. The number of nitrogens with two attached hydrogens (primary N) is 1. The molecule has 0 saturated carbocycles. The van der Waals surface area contributed by atoms with E-state index in [4.69, 9.17) is 15.7 Å². The number of anilines is 2. The molecule has 9 heteroatoms. The van der Waals surface area contributed by atoms with Gasteiger partial charge in [0.2, 0.25) is 0 Å². The standard InChI is InChI=1S/C12H10BrN3O3S2/c1-19-10-4-8(13)9(15)5-11(10)21(17,18)16-12-7(6-14)2-3-20-12/h2-5,16H,15H2,1H3. The van der Waals surface area contributed by atoms with Crippen LogP contribution in [-0.4, -0.2) is 15.5 Å². The van der Waals surface area contributed by atoms with Crippen LogP contribution in [0.25, 0.3) is 0 Å². The minimum absolute atomic E-state index is 0.0945. The predicted octanol–water partition coefficient (Wildman–Crippen LogP) is 2.77. The normalized spacial score (nSPS) is 10.9. The molecule has 0 amide bonds. The van der Waals surface area contributed by atoms with E-state index in [9.17, 15) is 8.42 Å². The minimum atomic E-state index is -3.91. The van der Waals surface area contributed by atoms with E-state index in [0.717, 1.165) is 11.3 Å². The Hall–Kier alpha value is -1.76. The van der Waals surface area contributed by atoms with Crippen molar-refractivity contribution in [3.05, 3.63) is 33.6 Å². The third-order valence-corrected chi connectivity index (χ3v) is 5.60. The Morgan fingerprint density at radius 1 is 1.48 bits per heavy atom. The van der Waals surface area contributed by atoms with Crippen LogP contribution in [0.1, 0.15) is 5.56 Å². The number of hydrogen-bond donors (Lipinski definition) is 2. The third-order valence-electron chi connectivity index (χ3n) is 2.59. The van der Waals surface area contributed by atoms with Crippen LogP contribution in [0.3, 0.4) is 0 Å². The average molecular weight is 388 g/mol. The van der Waals surface area contributed by atoms with E-state index >= 15 is 0 Å². The van der Waals surface area contributed by atoms with Gasteiger partial charge >= 0.3 is 0 Å². The molecule has 110 valence electrons. The van der Waals surface area contributed by atoms with Gasteiger partial charge in [-0.15, -0.1) is 11.3 Å². The topological polar surface area (TPSA) is 105 Å². The van der Waals surface area contributed by atoms with Gasteiger partial charge < -0.3 is 10.5 Å². The van der Waals surface area contributed by atoms with Gasteiger partial charge in [-0.3, -0.25) is 4.72 Å². The largest absolute Gasteiger partial charge is 0.495 e. The maximum absolute atomic E-state index is 12.4. The fourth-order valence-electron chi connectivity index (χ4n) is 1.57. The summed E-state index contributed by atoms with van der Waals surface area (Å²) in [7, 11) is -2.55. The molecule has 1 heterocycles. The summed E-state index contributed by atoms with van der Waals surface area (Å²) in [6.45, 7) is 0. The van der Waals surface area contributed by atoms with Crippen molar-refractivity contribution in [3.8, 4) is 11.8 Å². The molecule has 2 aromatic rings. The number of thiophene rings is 1. The highest BCUT2D eigenvalue weighted by atomic mass is 79.9. The van der Waals surface area contributed by atoms with Gasteiger partial charge in [-0.05, 0) is 39.5 Å². The summed E-state index contributed by atoms with van der Waals surface area (Å²) in [5.74, 6) is 0.152. The lowest BCUT2D eigenvalue weighted by Gasteiger charge is -2.12. The van der Waals surface area contributed by atoms with Crippen molar-refractivity contribution >= 4 is 48.0 Å². The van der Waals surface area contributed by atoms with Crippen LogP contribution in [0.15, 0.2) is 32.9 Å². The Balaban J connectivity index is 2.50. The SMILES string of the molecule is COc1cc(Br)c(N)cc1S(=O)(=O)Nc1sccc1C#N. The van der Waals surface area contributed by atoms with Crippen LogP contribution < -0.4 is 15.2 Å². The van der Waals surface area contributed by atoms with Crippen molar-refractivity contribution in [2.45, 2.75) is 4.90 Å². The van der Waals surface area contributed by atoms with E-state index in [1.54, 1.807) is 5.38 Å². The van der Waals surface area contributed by atoms with Crippen LogP contribution in [0, 0.1) is 11.3 Å². The summed E-state index contributed by atoms with van der Waals surface area (Å²) in [5, 5.41) is 10.8. The molecule has 2 rings (SSSR count). The van der Waals surface area contributed by atoms with Gasteiger partial charge in [0.05, 0.1) is 12.7 Å². The molecule has 0 aliphatic heterocycles. The Labute approximate surface area is 134 Å². The predicted molar refractivity (Wildman–Crippen MR) is 84.9 cm³/mol. The monoisotopic (exact) mass is 387 g/mol. The molecule has 0 fully saturated rings. The lowest BCUT2D eigenvalue weighted by atomic mass is 10.3. The summed E-state index contributed by atoms with van der Waals surface area (Å²) in [6.07, 6.45) is 0. The maximum atomic E-state index is 12.4. The second-order valence-electron chi connectivity index (χ2n) is 3.91. The summed E-state index contributed by atoms with van der Waals surface area (Å²) in [4.78, 5) is -0.0945. The molecule has 3 N–H and O–H groups in total. The zero-order valence-corrected chi connectivity index (χ0v) is 14.0. The molecule has 0 unspecified atom stereocenters. The number of rotatable bonds is 4. The van der Waals surface area contributed by atoms with Gasteiger partial charge in [-0.2, -0.15) is 5.26 Å². The minimum Gasteiger partial charge on any atom is -0.495 e. The number of methoxy groups -OCH3 is 1. The molecule has 0 aliphatic carbocycles. The number of ether oxygens (including phenoxy) is 1. The van der Waals surface area contributed by atoms with Crippen molar-refractivity contribution in [1.29, 1.82) is 5.26 Å². The van der Waals surface area contributed by atoms with Crippen LogP contribution in [-0.2, 0) is 10.0 Å². The lowest BCUT2D eigenvalue weighted by molar-refractivity contribution is 0.402. The number of halogens is 1. The fraction of sp³-hybridized carbons (Fsp3) is 0.0833. The number of nitrogens with one attached hydrogen (secondary N) is 1. The quantitative estimate of drug-likeness (QED) is 0.784. The highest BCUT2D eigenvalue weighted by Gasteiger charge is 2.23. The van der Waals surface area contributed by atoms with Crippen LogP contribution in [0.4, 0.5) is 10.7 Å². The van der Waals surface area contributed by atoms with Crippen LogP contribution >= 0.6 is 27.3 Å². The lowest BCUT2D eigenvalue weighted by Crippen LogP contribution is -2.14. The summed E-state index contributed by atoms with van der Waals surface area (Å²) in [6, 6.07) is 6.23. The molecule has 0 atom stereocenters. The highest BCUT2D eigenvalue weighted by Crippen LogP contribution is 2.34. The molecule has 0 bridgehead atoms. The van der Waals surface area contributed by atoms with E-state index in [2.05, 4.69) is 20.7 Å². The van der Waals surface area contributed by atoms with Gasteiger partial charge in [0.1, 0.15) is 21.7 Å². The zero-order valence-electron chi connectivity index (χ0n) is 10.8. The van der Waals surface area contributed by atoms with Gasteiger partial charge in [0.25, 0.3) is 10.0 Å². The smallest absolute Gasteiger partial charge is 0.266 e. The first-order chi connectivity index (χ1) is 9.89. The van der Waals surface area contributed by atoms with E-state index in [1.807, 2.05) is 6.07 Å². The van der Waals surface area contributed by atoms with Crippen molar-refractivity contribution in [3.63, 3.8) is 0 Å². The van der Waals surface area contributed by atoms with Gasteiger partial charge in [-0.25, -0.2) is 8.42 Å². The first kappa shape index (κ1) is 15.6. The molecule has 6 nitrogen and oxygen atoms in total. The van der Waals surface area contributed by atoms with Crippen LogP contribution in [0.5, 0.6) is 5.75 Å². The number of benzene rings is 1. The van der Waals surface area contributed by atoms with Gasteiger partial charge in [-0.1, -0.05) is 0 Å². The molecular weight excluding hydrogens is 378 g/mol. The van der Waals surface area contributed by atoms with Crippen LogP contribution in [0.2, 0.25) is 0 Å². The highest BCUT2D eigenvalue weighted by molar-refractivity contribution is 9.10. The third kappa shape index (κ3) is 3.12. The van der Waals surface area contributed by atoms with Crippen molar-refractivity contribution in [2.75, 3.05) is 17.6 Å². The molecule has 1 aromatic carbocycles. The Morgan fingerprint density at radius 3 is 2.81 bits per heavy atom. The van der Waals surface area contributed by atoms with E-state index in [1.165, 1.54) is 25.3 Å². The number of nitriles is 1. The summed E-state index contributed by atoms with van der Waals surface area (Å²) < 4.78 is 32.9. The molecule has 0 spiro atoms. The van der Waals surface area contributed by atoms with E-state index in [0.29, 0.717) is 4.47 Å². The average Bonchev–Trinajstić information content (AvgIpc) is 2.87. The molecule has 21 heavy (non-hydrogen) atoms. The number of hydrogen-bond acceptors (Lipinski definition) is 6. The zero-order chi connectivity index (χ0) is 15.6. The van der Waals surface area contributed by atoms with Gasteiger partial charge in [0.15, 0.2) is 0 Å². The second kappa shape index (κ2) is 5.93. The molecule has 0 radical (unpaired) electrons. The second-order valence-corrected chi connectivity index (χ2v) is 7.33. The Kier molecular flexibility index (Phi) is 4.41. The number of sulfonamides is 1. The Bertz CT molecular complexity index is 825. The molecule has 0 aliphatic rings. The maximum Gasteiger partial charge on any atom is 0.266 e. The number of nitrogen functional groups attached to an aromatic ring is 1. The fourth-order valence-corrected chi connectivity index (χ4v) is 4.15. The molecule has 1 aromatic heterocycles. The summed E-state index contributed by atoms with van der Waals surface area (Å²) >= 11 is 4.33. The first-order valence-corrected chi connectivity index (χ1v) is 8.68. The van der Waals surface area contributed by atoms with Crippen molar-refractivity contribution in [1.82, 2.24) is 0 Å². The molecule has 0 saturated heterocycles.